The van der Waals surface area contributed by atoms with Gasteiger partial charge in [0.05, 0.1) is 6.10 Å². The maximum absolute atomic E-state index is 5.57. The van der Waals surface area contributed by atoms with E-state index < -0.39 is 0 Å². The molecule has 10 heavy (non-hydrogen) atoms. The molecule has 0 saturated heterocycles. The van der Waals surface area contributed by atoms with Gasteiger partial charge in [0.25, 0.3) is 0 Å². The quantitative estimate of drug-likeness (QED) is 0.564. The molecule has 2 heteroatoms. The van der Waals surface area contributed by atoms with Crippen LogP contribution in [-0.2, 0) is 4.52 Å². The Kier molecular flexibility index (Phi) is 6.36. The van der Waals surface area contributed by atoms with Gasteiger partial charge in [0.15, 0.2) is 0 Å². The van der Waals surface area contributed by atoms with Crippen LogP contribution in [0.5, 0.6) is 0 Å². The second-order valence-corrected chi connectivity index (χ2v) is 4.22. The first-order valence-electron chi connectivity index (χ1n) is 4.11. The van der Waals surface area contributed by atoms with Gasteiger partial charge in [0, 0.05) is 8.81 Å². The molecule has 0 aliphatic carbocycles. The first-order chi connectivity index (χ1) is 4.70. The normalized spacial score (nSPS) is 18.0. The van der Waals surface area contributed by atoms with Crippen LogP contribution < -0.4 is 0 Å². The SMILES string of the molecule is CCC(C)OPC(C)CC. The van der Waals surface area contributed by atoms with Crippen molar-refractivity contribution in [1.29, 1.82) is 0 Å². The van der Waals surface area contributed by atoms with Crippen LogP contribution in [0, 0.1) is 0 Å². The van der Waals surface area contributed by atoms with Crippen molar-refractivity contribution in [2.45, 2.75) is 52.3 Å². The van der Waals surface area contributed by atoms with E-state index in [4.69, 9.17) is 4.52 Å². The van der Waals surface area contributed by atoms with Crippen molar-refractivity contribution in [1.82, 2.24) is 0 Å². The molecule has 0 aromatic carbocycles. The lowest BCUT2D eigenvalue weighted by Gasteiger charge is -2.13. The van der Waals surface area contributed by atoms with E-state index in [0.29, 0.717) is 14.9 Å². The lowest BCUT2D eigenvalue weighted by molar-refractivity contribution is 0.248. The zero-order valence-corrected chi connectivity index (χ0v) is 8.48. The standard InChI is InChI=1S/C8H19OP/c1-5-7(3)9-10-8(4)6-2/h7-8,10H,5-6H2,1-4H3. The summed E-state index contributed by atoms with van der Waals surface area (Å²) in [5.41, 5.74) is 0.744. The van der Waals surface area contributed by atoms with Crippen molar-refractivity contribution in [3.8, 4) is 0 Å². The fourth-order valence-electron chi connectivity index (χ4n) is 0.399. The molecule has 0 aliphatic heterocycles. The van der Waals surface area contributed by atoms with Crippen LogP contribution in [0.15, 0.2) is 0 Å². The Hall–Kier alpha value is 0.390. The van der Waals surface area contributed by atoms with Crippen LogP contribution in [0.4, 0.5) is 0 Å². The average Bonchev–Trinajstić information content (AvgIpc) is 1.99. The molecule has 0 radical (unpaired) electrons. The molecule has 0 aromatic rings. The smallest absolute Gasteiger partial charge is 0.0583 e. The maximum atomic E-state index is 5.57. The van der Waals surface area contributed by atoms with Crippen LogP contribution in [0.25, 0.3) is 0 Å². The van der Waals surface area contributed by atoms with E-state index in [9.17, 15) is 0 Å². The summed E-state index contributed by atoms with van der Waals surface area (Å²) in [6.07, 6.45) is 2.81. The molecule has 3 atom stereocenters. The highest BCUT2D eigenvalue weighted by Gasteiger charge is 2.01. The zero-order valence-electron chi connectivity index (χ0n) is 7.48. The second-order valence-electron chi connectivity index (χ2n) is 2.76. The number of rotatable bonds is 5. The van der Waals surface area contributed by atoms with Crippen molar-refractivity contribution in [3.05, 3.63) is 0 Å². The van der Waals surface area contributed by atoms with Crippen molar-refractivity contribution in [3.63, 3.8) is 0 Å². The highest BCUT2D eigenvalue weighted by molar-refractivity contribution is 7.33. The summed E-state index contributed by atoms with van der Waals surface area (Å²) < 4.78 is 5.57. The van der Waals surface area contributed by atoms with Crippen molar-refractivity contribution < 1.29 is 4.52 Å². The van der Waals surface area contributed by atoms with Crippen LogP contribution in [0.2, 0.25) is 0 Å². The Morgan fingerprint density at radius 1 is 1.20 bits per heavy atom. The minimum Gasteiger partial charge on any atom is -0.359 e. The molecule has 0 N–H and O–H groups in total. The molecule has 3 unspecified atom stereocenters. The minimum atomic E-state index is 0.451. The van der Waals surface area contributed by atoms with E-state index in [1.54, 1.807) is 0 Å². The summed E-state index contributed by atoms with van der Waals surface area (Å²) in [6.45, 7) is 8.74. The van der Waals surface area contributed by atoms with E-state index in [2.05, 4.69) is 27.7 Å². The molecule has 1 nitrogen and oxygen atoms in total. The van der Waals surface area contributed by atoms with Gasteiger partial charge >= 0.3 is 0 Å². The lowest BCUT2D eigenvalue weighted by atomic mass is 10.3. The third-order valence-corrected chi connectivity index (χ3v) is 3.01. The topological polar surface area (TPSA) is 9.23 Å². The van der Waals surface area contributed by atoms with E-state index in [0.717, 1.165) is 12.1 Å². The highest BCUT2D eigenvalue weighted by Crippen LogP contribution is 2.24. The average molecular weight is 162 g/mol. The summed E-state index contributed by atoms with van der Waals surface area (Å²) in [7, 11) is 0.693. The van der Waals surface area contributed by atoms with Gasteiger partial charge in [-0.05, 0) is 25.4 Å². The van der Waals surface area contributed by atoms with Crippen molar-refractivity contribution >= 4 is 8.81 Å². The predicted molar refractivity (Wildman–Crippen MR) is 48.9 cm³/mol. The lowest BCUT2D eigenvalue weighted by Crippen LogP contribution is -2.02. The first-order valence-corrected chi connectivity index (χ1v) is 5.10. The summed E-state index contributed by atoms with van der Waals surface area (Å²) in [4.78, 5) is 0. The Balaban J connectivity index is 3.17. The molecule has 0 aromatic heterocycles. The van der Waals surface area contributed by atoms with E-state index >= 15 is 0 Å². The highest BCUT2D eigenvalue weighted by atomic mass is 31.1. The predicted octanol–water partition coefficient (Wildman–Crippen LogP) is 3.19. The molecular formula is C8H19OP. The maximum Gasteiger partial charge on any atom is 0.0583 e. The van der Waals surface area contributed by atoms with E-state index in [-0.39, 0.29) is 0 Å². The Morgan fingerprint density at radius 3 is 2.20 bits per heavy atom. The number of hydrogen-bond acceptors (Lipinski definition) is 1. The van der Waals surface area contributed by atoms with Gasteiger partial charge in [-0.15, -0.1) is 0 Å². The Bertz CT molecular complexity index is 65.7. The summed E-state index contributed by atoms with van der Waals surface area (Å²) >= 11 is 0. The summed E-state index contributed by atoms with van der Waals surface area (Å²) in [5, 5.41) is 0. The second kappa shape index (κ2) is 6.12. The summed E-state index contributed by atoms with van der Waals surface area (Å²) in [6, 6.07) is 0. The fourth-order valence-corrected chi connectivity index (χ4v) is 1.20. The molecular weight excluding hydrogens is 143 g/mol. The van der Waals surface area contributed by atoms with Crippen LogP contribution >= 0.6 is 8.81 Å². The Labute approximate surface area is 66.4 Å². The van der Waals surface area contributed by atoms with Gasteiger partial charge in [0.1, 0.15) is 0 Å². The van der Waals surface area contributed by atoms with Crippen LogP contribution in [-0.4, -0.2) is 11.8 Å². The molecule has 0 fully saturated rings. The van der Waals surface area contributed by atoms with Gasteiger partial charge in [-0.25, -0.2) is 0 Å². The third-order valence-electron chi connectivity index (χ3n) is 1.66. The summed E-state index contributed by atoms with van der Waals surface area (Å²) in [5.74, 6) is 0. The van der Waals surface area contributed by atoms with Gasteiger partial charge < -0.3 is 4.52 Å². The molecule has 0 rings (SSSR count). The van der Waals surface area contributed by atoms with Gasteiger partial charge in [-0.2, -0.15) is 0 Å². The molecule has 0 bridgehead atoms. The fraction of sp³-hybridized carbons (Fsp3) is 1.00. The first kappa shape index (κ1) is 10.4. The molecule has 0 amide bonds. The van der Waals surface area contributed by atoms with Crippen molar-refractivity contribution in [2.24, 2.45) is 0 Å². The molecule has 62 valence electrons. The zero-order chi connectivity index (χ0) is 7.98. The third kappa shape index (κ3) is 5.20. The molecule has 0 spiro atoms. The van der Waals surface area contributed by atoms with E-state index in [1.807, 2.05) is 0 Å². The molecule has 0 heterocycles. The van der Waals surface area contributed by atoms with Gasteiger partial charge in [0.2, 0.25) is 0 Å². The minimum absolute atomic E-state index is 0.451. The van der Waals surface area contributed by atoms with Crippen LogP contribution in [0.3, 0.4) is 0 Å². The Morgan fingerprint density at radius 2 is 1.80 bits per heavy atom. The van der Waals surface area contributed by atoms with Gasteiger partial charge in [-0.3, -0.25) is 0 Å². The van der Waals surface area contributed by atoms with E-state index in [1.165, 1.54) is 6.42 Å². The molecule has 0 aliphatic rings. The number of hydrogen-bond donors (Lipinski definition) is 0. The van der Waals surface area contributed by atoms with Gasteiger partial charge in [-0.1, -0.05) is 20.8 Å². The largest absolute Gasteiger partial charge is 0.359 e. The molecule has 0 saturated carbocycles. The van der Waals surface area contributed by atoms with Crippen molar-refractivity contribution in [2.75, 3.05) is 0 Å². The monoisotopic (exact) mass is 162 g/mol. The van der Waals surface area contributed by atoms with Crippen LogP contribution in [0.1, 0.15) is 40.5 Å².